The first-order valence-electron chi connectivity index (χ1n) is 5.09. The molecule has 4 heteroatoms. The first-order valence-corrected chi connectivity index (χ1v) is 5.09. The molecule has 0 saturated heterocycles. The zero-order valence-electron chi connectivity index (χ0n) is 8.93. The summed E-state index contributed by atoms with van der Waals surface area (Å²) in [5.74, 6) is -0.384. The van der Waals surface area contributed by atoms with E-state index < -0.39 is 6.10 Å². The van der Waals surface area contributed by atoms with Crippen LogP contribution in [0.2, 0.25) is 0 Å². The maximum absolute atomic E-state index is 11.2. The highest BCUT2D eigenvalue weighted by atomic mass is 16.3. The highest BCUT2D eigenvalue weighted by molar-refractivity contribution is 5.83. The number of benzene rings is 1. The lowest BCUT2D eigenvalue weighted by atomic mass is 10.2. The molecule has 0 radical (unpaired) electrons. The second-order valence-corrected chi connectivity index (χ2v) is 3.65. The van der Waals surface area contributed by atoms with Crippen molar-refractivity contribution in [1.82, 2.24) is 5.32 Å². The molecule has 1 aromatic heterocycles. The molecule has 0 aliphatic rings. The third-order valence-electron chi connectivity index (χ3n) is 2.39. The fourth-order valence-corrected chi connectivity index (χ4v) is 1.50. The average molecular weight is 219 g/mol. The molecule has 2 rings (SSSR count). The van der Waals surface area contributed by atoms with Gasteiger partial charge in [-0.2, -0.15) is 0 Å². The van der Waals surface area contributed by atoms with Gasteiger partial charge >= 0.3 is 0 Å². The molecule has 1 unspecified atom stereocenters. The zero-order valence-corrected chi connectivity index (χ0v) is 8.93. The van der Waals surface area contributed by atoms with E-state index >= 15 is 0 Å². The zero-order chi connectivity index (χ0) is 11.5. The molecule has 0 fully saturated rings. The van der Waals surface area contributed by atoms with E-state index in [4.69, 9.17) is 9.52 Å². The number of rotatable bonds is 3. The van der Waals surface area contributed by atoms with E-state index in [1.54, 1.807) is 6.26 Å². The number of fused-ring (bicyclic) bond motifs is 1. The largest absolute Gasteiger partial charge is 0.464 e. The predicted molar refractivity (Wildman–Crippen MR) is 59.7 cm³/mol. The van der Waals surface area contributed by atoms with Crippen molar-refractivity contribution < 1.29 is 14.3 Å². The van der Waals surface area contributed by atoms with Gasteiger partial charge in [-0.25, -0.2) is 0 Å². The van der Waals surface area contributed by atoms with Gasteiger partial charge < -0.3 is 14.8 Å². The summed E-state index contributed by atoms with van der Waals surface area (Å²) in [5.41, 5.74) is 1.70. The van der Waals surface area contributed by atoms with Crippen LogP contribution in [0.5, 0.6) is 0 Å². The Kier molecular flexibility index (Phi) is 2.92. The number of nitrogens with one attached hydrogen (secondary N) is 1. The van der Waals surface area contributed by atoms with Crippen molar-refractivity contribution in [2.45, 2.75) is 19.6 Å². The second-order valence-electron chi connectivity index (χ2n) is 3.65. The number of aliphatic hydroxyl groups is 1. The predicted octanol–water partition coefficient (Wildman–Crippen LogP) is 1.43. The van der Waals surface area contributed by atoms with Crippen molar-refractivity contribution in [3.8, 4) is 0 Å². The molecule has 0 aliphatic heterocycles. The van der Waals surface area contributed by atoms with Crippen molar-refractivity contribution in [1.29, 1.82) is 0 Å². The van der Waals surface area contributed by atoms with Crippen molar-refractivity contribution in [3.63, 3.8) is 0 Å². The van der Waals surface area contributed by atoms with Crippen molar-refractivity contribution >= 4 is 16.9 Å². The van der Waals surface area contributed by atoms with Gasteiger partial charge in [0, 0.05) is 17.5 Å². The Morgan fingerprint density at radius 2 is 2.25 bits per heavy atom. The maximum atomic E-state index is 11.2. The molecule has 1 amide bonds. The third kappa shape index (κ3) is 2.06. The van der Waals surface area contributed by atoms with Crippen LogP contribution in [0, 0.1) is 0 Å². The molecule has 1 heterocycles. The number of carbonyl (C=O) groups is 1. The molecule has 0 aliphatic carbocycles. The van der Waals surface area contributed by atoms with E-state index in [-0.39, 0.29) is 5.91 Å². The van der Waals surface area contributed by atoms with Crippen LogP contribution in [0.3, 0.4) is 0 Å². The van der Waals surface area contributed by atoms with Crippen LogP contribution < -0.4 is 5.32 Å². The lowest BCUT2D eigenvalue weighted by Crippen LogP contribution is -2.31. The molecule has 0 bridgehead atoms. The van der Waals surface area contributed by atoms with Crippen molar-refractivity contribution in [2.75, 3.05) is 0 Å². The summed E-state index contributed by atoms with van der Waals surface area (Å²) in [7, 11) is 0. The minimum Gasteiger partial charge on any atom is -0.464 e. The van der Waals surface area contributed by atoms with Crippen LogP contribution in [-0.2, 0) is 11.3 Å². The first-order chi connectivity index (χ1) is 7.68. The molecular formula is C12H13NO3. The summed E-state index contributed by atoms with van der Waals surface area (Å²) in [5, 5.41) is 12.6. The molecule has 84 valence electrons. The van der Waals surface area contributed by atoms with E-state index in [0.717, 1.165) is 16.5 Å². The van der Waals surface area contributed by atoms with E-state index in [9.17, 15) is 4.79 Å². The number of amides is 1. The average Bonchev–Trinajstić information content (AvgIpc) is 2.69. The smallest absolute Gasteiger partial charge is 0.248 e. The molecule has 2 aromatic rings. The molecule has 16 heavy (non-hydrogen) atoms. The van der Waals surface area contributed by atoms with Crippen LogP contribution in [-0.4, -0.2) is 17.1 Å². The quantitative estimate of drug-likeness (QED) is 0.820. The normalized spacial score (nSPS) is 12.6. The van der Waals surface area contributed by atoms with Crippen LogP contribution >= 0.6 is 0 Å². The van der Waals surface area contributed by atoms with Gasteiger partial charge in [0.15, 0.2) is 0 Å². The van der Waals surface area contributed by atoms with Crippen LogP contribution in [0.4, 0.5) is 0 Å². The highest BCUT2D eigenvalue weighted by Crippen LogP contribution is 2.20. The Bertz CT molecular complexity index is 502. The van der Waals surface area contributed by atoms with Crippen LogP contribution in [0.1, 0.15) is 12.5 Å². The Balaban J connectivity index is 2.13. The molecule has 1 atom stereocenters. The minimum absolute atomic E-state index is 0.362. The monoisotopic (exact) mass is 219 g/mol. The number of hydrogen-bond donors (Lipinski definition) is 2. The summed E-state index contributed by atoms with van der Waals surface area (Å²) < 4.78 is 5.33. The number of carbonyl (C=O) groups excluding carboxylic acids is 1. The number of hydrogen-bond acceptors (Lipinski definition) is 3. The van der Waals surface area contributed by atoms with E-state index in [0.29, 0.717) is 6.54 Å². The molecule has 2 N–H and O–H groups in total. The number of furan rings is 1. The summed E-state index contributed by atoms with van der Waals surface area (Å²) >= 11 is 0. The fourth-order valence-electron chi connectivity index (χ4n) is 1.50. The summed E-state index contributed by atoms with van der Waals surface area (Å²) in [6.45, 7) is 1.80. The lowest BCUT2D eigenvalue weighted by Gasteiger charge is -2.05. The summed E-state index contributed by atoms with van der Waals surface area (Å²) in [4.78, 5) is 11.2. The molecule has 4 nitrogen and oxygen atoms in total. The molecule has 0 spiro atoms. The van der Waals surface area contributed by atoms with Gasteiger partial charge in [0.05, 0.1) is 6.26 Å². The maximum Gasteiger partial charge on any atom is 0.248 e. The number of aliphatic hydroxyl groups excluding tert-OH is 1. The van der Waals surface area contributed by atoms with Gasteiger partial charge in [-0.3, -0.25) is 4.79 Å². The van der Waals surface area contributed by atoms with Gasteiger partial charge in [0.2, 0.25) is 5.91 Å². The Morgan fingerprint density at radius 3 is 3.00 bits per heavy atom. The van der Waals surface area contributed by atoms with Gasteiger partial charge in [-0.15, -0.1) is 0 Å². The molecule has 0 saturated carbocycles. The van der Waals surface area contributed by atoms with Crippen molar-refractivity contribution in [3.05, 3.63) is 36.1 Å². The lowest BCUT2D eigenvalue weighted by molar-refractivity contribution is -0.128. The van der Waals surface area contributed by atoms with Gasteiger partial charge in [0.25, 0.3) is 0 Å². The third-order valence-corrected chi connectivity index (χ3v) is 2.39. The van der Waals surface area contributed by atoms with Crippen LogP contribution in [0.25, 0.3) is 11.0 Å². The van der Waals surface area contributed by atoms with E-state index in [1.807, 2.05) is 24.3 Å². The summed E-state index contributed by atoms with van der Waals surface area (Å²) in [6.07, 6.45) is 0.630. The minimum atomic E-state index is -0.988. The Hall–Kier alpha value is -1.81. The number of para-hydroxylation sites is 1. The molecule has 1 aromatic carbocycles. The standard InChI is InChI=1S/C12H13NO3/c1-8(14)12(15)13-6-9-7-16-11-5-3-2-4-10(9)11/h2-5,7-8,14H,6H2,1H3,(H,13,15). The first kappa shape index (κ1) is 10.7. The SMILES string of the molecule is CC(O)C(=O)NCc1coc2ccccc12. The van der Waals surface area contributed by atoms with Gasteiger partial charge in [-0.1, -0.05) is 18.2 Å². The topological polar surface area (TPSA) is 62.5 Å². The highest BCUT2D eigenvalue weighted by Gasteiger charge is 2.10. The van der Waals surface area contributed by atoms with Gasteiger partial charge in [-0.05, 0) is 13.0 Å². The van der Waals surface area contributed by atoms with Crippen LogP contribution in [0.15, 0.2) is 34.9 Å². The van der Waals surface area contributed by atoms with E-state index in [2.05, 4.69) is 5.32 Å². The second kappa shape index (κ2) is 4.37. The van der Waals surface area contributed by atoms with Crippen molar-refractivity contribution in [2.24, 2.45) is 0 Å². The Labute approximate surface area is 92.9 Å². The van der Waals surface area contributed by atoms with E-state index in [1.165, 1.54) is 6.92 Å². The summed E-state index contributed by atoms with van der Waals surface area (Å²) in [6, 6.07) is 7.61. The molecular weight excluding hydrogens is 206 g/mol. The Morgan fingerprint density at radius 1 is 1.50 bits per heavy atom. The fraction of sp³-hybridized carbons (Fsp3) is 0.250. The van der Waals surface area contributed by atoms with Gasteiger partial charge in [0.1, 0.15) is 11.7 Å².